The first-order valence-electron chi connectivity index (χ1n) is 6.16. The van der Waals surface area contributed by atoms with Gasteiger partial charge < -0.3 is 9.80 Å². The Morgan fingerprint density at radius 1 is 1.20 bits per heavy atom. The molecule has 0 aromatic heterocycles. The molecule has 1 saturated heterocycles. The lowest BCUT2D eigenvalue weighted by Crippen LogP contribution is -2.49. The normalized spacial score (nSPS) is 20.3. The molecule has 1 atom stereocenters. The molecule has 0 N–H and O–H groups in total. The lowest BCUT2D eigenvalue weighted by Gasteiger charge is -2.34. The highest BCUT2D eigenvalue weighted by Crippen LogP contribution is 2.15. The molecule has 0 bridgehead atoms. The van der Waals surface area contributed by atoms with Crippen molar-refractivity contribution in [1.29, 1.82) is 0 Å². The molecule has 1 aliphatic rings. The van der Waals surface area contributed by atoms with Crippen molar-refractivity contribution >= 4 is 5.91 Å². The van der Waals surface area contributed by atoms with Crippen molar-refractivity contribution in [2.45, 2.75) is 33.1 Å². The molecule has 0 spiro atoms. The predicted octanol–water partition coefficient (Wildman–Crippen LogP) is 1.59. The molecule has 1 fully saturated rings. The Labute approximate surface area is 93.4 Å². The molecular weight excluding hydrogens is 188 g/mol. The molecule has 1 amide bonds. The van der Waals surface area contributed by atoms with Crippen LogP contribution in [0.2, 0.25) is 0 Å². The Balaban J connectivity index is 2.44. The van der Waals surface area contributed by atoms with Gasteiger partial charge in [-0.1, -0.05) is 20.3 Å². The first kappa shape index (κ1) is 12.5. The number of likely N-dealkylation sites (N-methyl/N-ethyl adjacent to an activating group) is 1. The van der Waals surface area contributed by atoms with Crippen LogP contribution in [0.1, 0.15) is 33.1 Å². The molecule has 3 heteroatoms. The molecule has 1 heterocycles. The van der Waals surface area contributed by atoms with Crippen molar-refractivity contribution < 1.29 is 4.79 Å². The molecule has 1 unspecified atom stereocenters. The molecular formula is C12H24N2O. The number of amides is 1. The van der Waals surface area contributed by atoms with Crippen LogP contribution in [0.5, 0.6) is 0 Å². The summed E-state index contributed by atoms with van der Waals surface area (Å²) in [5.41, 5.74) is 0. The second-order valence-electron chi connectivity index (χ2n) is 4.52. The van der Waals surface area contributed by atoms with Crippen molar-refractivity contribution in [3.63, 3.8) is 0 Å². The highest BCUT2D eigenvalue weighted by molar-refractivity contribution is 5.78. The minimum atomic E-state index is 0.262. The second-order valence-corrected chi connectivity index (χ2v) is 4.52. The molecule has 0 aromatic carbocycles. The zero-order valence-corrected chi connectivity index (χ0v) is 10.3. The SMILES string of the molecule is CCCC(CC)C(=O)N1CCN(C)CC1. The Kier molecular flexibility index (Phi) is 5.09. The second kappa shape index (κ2) is 6.11. The van der Waals surface area contributed by atoms with Crippen LogP contribution in [0.4, 0.5) is 0 Å². The van der Waals surface area contributed by atoms with Gasteiger partial charge in [0, 0.05) is 32.1 Å². The third-order valence-electron chi connectivity index (χ3n) is 3.29. The Bertz CT molecular complexity index is 198. The lowest BCUT2D eigenvalue weighted by atomic mass is 9.99. The van der Waals surface area contributed by atoms with E-state index in [9.17, 15) is 4.79 Å². The fourth-order valence-corrected chi connectivity index (χ4v) is 2.14. The van der Waals surface area contributed by atoms with E-state index < -0.39 is 0 Å². The van der Waals surface area contributed by atoms with Crippen LogP contribution in [-0.4, -0.2) is 48.9 Å². The Morgan fingerprint density at radius 2 is 1.80 bits per heavy atom. The Morgan fingerprint density at radius 3 is 2.27 bits per heavy atom. The fraction of sp³-hybridized carbons (Fsp3) is 0.917. The van der Waals surface area contributed by atoms with Gasteiger partial charge in [0.25, 0.3) is 0 Å². The van der Waals surface area contributed by atoms with Crippen LogP contribution >= 0.6 is 0 Å². The predicted molar refractivity (Wildman–Crippen MR) is 62.8 cm³/mol. The number of nitrogens with zero attached hydrogens (tertiary/aromatic N) is 2. The van der Waals surface area contributed by atoms with Crippen LogP contribution in [0.3, 0.4) is 0 Å². The van der Waals surface area contributed by atoms with Crippen molar-refractivity contribution in [2.24, 2.45) is 5.92 Å². The van der Waals surface area contributed by atoms with E-state index in [2.05, 4.69) is 25.8 Å². The van der Waals surface area contributed by atoms with Gasteiger partial charge in [0.05, 0.1) is 0 Å². The highest BCUT2D eigenvalue weighted by Gasteiger charge is 2.24. The van der Waals surface area contributed by atoms with E-state index in [4.69, 9.17) is 0 Å². The van der Waals surface area contributed by atoms with E-state index in [1.807, 2.05) is 4.90 Å². The Hall–Kier alpha value is -0.570. The number of hydrogen-bond acceptors (Lipinski definition) is 2. The van der Waals surface area contributed by atoms with E-state index in [0.717, 1.165) is 45.4 Å². The average molecular weight is 212 g/mol. The van der Waals surface area contributed by atoms with Gasteiger partial charge in [-0.05, 0) is 19.9 Å². The molecule has 0 saturated carbocycles. The van der Waals surface area contributed by atoms with E-state index in [0.29, 0.717) is 5.91 Å². The molecule has 0 aromatic rings. The minimum absolute atomic E-state index is 0.262. The smallest absolute Gasteiger partial charge is 0.225 e. The van der Waals surface area contributed by atoms with Crippen LogP contribution in [0, 0.1) is 5.92 Å². The average Bonchev–Trinajstić information content (AvgIpc) is 2.26. The summed E-state index contributed by atoms with van der Waals surface area (Å²) >= 11 is 0. The van der Waals surface area contributed by atoms with Crippen molar-refractivity contribution in [3.05, 3.63) is 0 Å². The molecule has 1 aliphatic heterocycles. The monoisotopic (exact) mass is 212 g/mol. The van der Waals surface area contributed by atoms with Gasteiger partial charge in [-0.3, -0.25) is 4.79 Å². The van der Waals surface area contributed by atoms with Crippen molar-refractivity contribution in [1.82, 2.24) is 9.80 Å². The van der Waals surface area contributed by atoms with E-state index >= 15 is 0 Å². The lowest BCUT2D eigenvalue weighted by molar-refractivity contribution is -0.137. The van der Waals surface area contributed by atoms with Crippen LogP contribution in [0.25, 0.3) is 0 Å². The fourth-order valence-electron chi connectivity index (χ4n) is 2.14. The van der Waals surface area contributed by atoms with Gasteiger partial charge in [-0.25, -0.2) is 0 Å². The third kappa shape index (κ3) is 3.49. The van der Waals surface area contributed by atoms with E-state index in [-0.39, 0.29) is 5.92 Å². The largest absolute Gasteiger partial charge is 0.340 e. The summed E-state index contributed by atoms with van der Waals surface area (Å²) in [6, 6.07) is 0. The summed E-state index contributed by atoms with van der Waals surface area (Å²) in [7, 11) is 2.12. The molecule has 0 radical (unpaired) electrons. The zero-order chi connectivity index (χ0) is 11.3. The summed E-state index contributed by atoms with van der Waals surface area (Å²) in [4.78, 5) is 16.5. The maximum Gasteiger partial charge on any atom is 0.225 e. The third-order valence-corrected chi connectivity index (χ3v) is 3.29. The highest BCUT2D eigenvalue weighted by atomic mass is 16.2. The number of carbonyl (C=O) groups is 1. The number of rotatable bonds is 4. The standard InChI is InChI=1S/C12H24N2O/c1-4-6-11(5-2)12(15)14-9-7-13(3)8-10-14/h11H,4-10H2,1-3H3. The summed E-state index contributed by atoms with van der Waals surface area (Å²) in [5, 5.41) is 0. The van der Waals surface area contributed by atoms with Crippen LogP contribution < -0.4 is 0 Å². The zero-order valence-electron chi connectivity index (χ0n) is 10.3. The van der Waals surface area contributed by atoms with Crippen LogP contribution in [0.15, 0.2) is 0 Å². The van der Waals surface area contributed by atoms with Gasteiger partial charge >= 0.3 is 0 Å². The topological polar surface area (TPSA) is 23.6 Å². The van der Waals surface area contributed by atoms with Crippen molar-refractivity contribution in [2.75, 3.05) is 33.2 Å². The summed E-state index contributed by atoms with van der Waals surface area (Å²) < 4.78 is 0. The van der Waals surface area contributed by atoms with Gasteiger partial charge in [0.15, 0.2) is 0 Å². The first-order chi connectivity index (χ1) is 7.19. The summed E-state index contributed by atoms with van der Waals surface area (Å²) in [6.07, 6.45) is 3.14. The minimum Gasteiger partial charge on any atom is -0.340 e. The molecule has 1 rings (SSSR count). The van der Waals surface area contributed by atoms with Crippen LogP contribution in [-0.2, 0) is 4.79 Å². The van der Waals surface area contributed by atoms with Gasteiger partial charge in [0.2, 0.25) is 5.91 Å². The number of carbonyl (C=O) groups excluding carboxylic acids is 1. The van der Waals surface area contributed by atoms with Gasteiger partial charge in [-0.2, -0.15) is 0 Å². The molecule has 3 nitrogen and oxygen atoms in total. The van der Waals surface area contributed by atoms with E-state index in [1.54, 1.807) is 0 Å². The summed E-state index contributed by atoms with van der Waals surface area (Å²) in [5.74, 6) is 0.644. The molecule has 88 valence electrons. The maximum absolute atomic E-state index is 12.1. The van der Waals surface area contributed by atoms with E-state index in [1.165, 1.54) is 0 Å². The first-order valence-corrected chi connectivity index (χ1v) is 6.16. The number of piperazine rings is 1. The van der Waals surface area contributed by atoms with Gasteiger partial charge in [0.1, 0.15) is 0 Å². The number of hydrogen-bond donors (Lipinski definition) is 0. The quantitative estimate of drug-likeness (QED) is 0.706. The van der Waals surface area contributed by atoms with Gasteiger partial charge in [-0.15, -0.1) is 0 Å². The molecule has 15 heavy (non-hydrogen) atoms. The van der Waals surface area contributed by atoms with Crippen molar-refractivity contribution in [3.8, 4) is 0 Å². The molecule has 0 aliphatic carbocycles. The maximum atomic E-state index is 12.1. The summed E-state index contributed by atoms with van der Waals surface area (Å²) in [6.45, 7) is 8.14.